The van der Waals surface area contributed by atoms with Crippen LogP contribution in [0.5, 0.6) is 0 Å². The van der Waals surface area contributed by atoms with E-state index in [2.05, 4.69) is 10.2 Å². The fourth-order valence-corrected chi connectivity index (χ4v) is 4.94. The number of hydrogen-bond acceptors (Lipinski definition) is 5. The quantitative estimate of drug-likeness (QED) is 0.766. The first kappa shape index (κ1) is 19.9. The number of rotatable bonds is 5. The summed E-state index contributed by atoms with van der Waals surface area (Å²) in [5.41, 5.74) is 2.35. The van der Waals surface area contributed by atoms with Crippen LogP contribution < -0.4 is 10.9 Å². The van der Waals surface area contributed by atoms with Crippen molar-refractivity contribution in [2.75, 3.05) is 32.8 Å². The van der Waals surface area contributed by atoms with E-state index in [4.69, 9.17) is 20.8 Å². The molecule has 0 unspecified atom stereocenters. The fourth-order valence-electron chi connectivity index (χ4n) is 4.78. The molecule has 2 fully saturated rings. The molecule has 1 aromatic heterocycles. The molecule has 0 amide bonds. The third kappa shape index (κ3) is 4.13. The maximum Gasteiger partial charge on any atom is 0.336 e. The summed E-state index contributed by atoms with van der Waals surface area (Å²) in [5, 5.41) is 5.26. The molecular formula is C22H29ClN2O3. The summed E-state index contributed by atoms with van der Waals surface area (Å²) < 4.78 is 11.0. The van der Waals surface area contributed by atoms with Gasteiger partial charge in [0.2, 0.25) is 0 Å². The summed E-state index contributed by atoms with van der Waals surface area (Å²) in [4.78, 5) is 14.7. The summed E-state index contributed by atoms with van der Waals surface area (Å²) in [6.07, 6.45) is 6.34. The zero-order valence-corrected chi connectivity index (χ0v) is 17.3. The zero-order valence-electron chi connectivity index (χ0n) is 16.6. The van der Waals surface area contributed by atoms with Gasteiger partial charge in [0.05, 0.1) is 13.2 Å². The highest BCUT2D eigenvalue weighted by Crippen LogP contribution is 2.34. The fraction of sp³-hybridized carbons (Fsp3) is 0.591. The van der Waals surface area contributed by atoms with Crippen molar-refractivity contribution < 1.29 is 9.15 Å². The summed E-state index contributed by atoms with van der Waals surface area (Å²) in [6, 6.07) is 5.34. The van der Waals surface area contributed by atoms with Gasteiger partial charge in [0, 0.05) is 48.2 Å². The topological polar surface area (TPSA) is 54.7 Å². The Kier molecular flexibility index (Phi) is 6.07. The lowest BCUT2D eigenvalue weighted by molar-refractivity contribution is -0.0369. The molecule has 0 bridgehead atoms. The van der Waals surface area contributed by atoms with Crippen molar-refractivity contribution in [2.24, 2.45) is 0 Å². The second kappa shape index (κ2) is 8.54. The Hall–Kier alpha value is -1.40. The Morgan fingerprint density at radius 1 is 1.14 bits per heavy atom. The van der Waals surface area contributed by atoms with E-state index in [0.717, 1.165) is 49.4 Å². The van der Waals surface area contributed by atoms with Gasteiger partial charge in [0.15, 0.2) is 0 Å². The van der Waals surface area contributed by atoms with Crippen molar-refractivity contribution >= 4 is 22.6 Å². The number of morpholine rings is 1. The van der Waals surface area contributed by atoms with Gasteiger partial charge < -0.3 is 14.5 Å². The van der Waals surface area contributed by atoms with Gasteiger partial charge in [0.1, 0.15) is 5.58 Å². The zero-order chi connectivity index (χ0) is 19.6. The molecule has 152 valence electrons. The Balaban J connectivity index is 1.53. The van der Waals surface area contributed by atoms with E-state index < -0.39 is 0 Å². The largest absolute Gasteiger partial charge is 0.423 e. The van der Waals surface area contributed by atoms with Crippen LogP contribution >= 0.6 is 11.6 Å². The lowest BCUT2D eigenvalue weighted by Gasteiger charge is -2.48. The molecule has 4 rings (SSSR count). The van der Waals surface area contributed by atoms with Crippen molar-refractivity contribution in [3.05, 3.63) is 44.8 Å². The van der Waals surface area contributed by atoms with Crippen LogP contribution in [-0.2, 0) is 11.3 Å². The maximum absolute atomic E-state index is 12.0. The lowest BCUT2D eigenvalue weighted by atomic mass is 9.79. The maximum atomic E-state index is 12.0. The molecule has 0 spiro atoms. The van der Waals surface area contributed by atoms with Gasteiger partial charge in [0.25, 0.3) is 0 Å². The number of nitrogens with one attached hydrogen (secondary N) is 1. The standard InChI is InChI=1S/C22H29ClN2O3/c1-16-11-20-18(13-19(16)23)17(12-21(26)28-20)14-24-15-22(5-3-2-4-6-22)25-7-9-27-10-8-25/h11-13,24H,2-10,14-15H2,1H3. The van der Waals surface area contributed by atoms with Gasteiger partial charge in [-0.25, -0.2) is 4.79 Å². The number of hydrogen-bond donors (Lipinski definition) is 1. The van der Waals surface area contributed by atoms with Crippen LogP contribution in [0.3, 0.4) is 0 Å². The summed E-state index contributed by atoms with van der Waals surface area (Å²) in [7, 11) is 0. The Bertz CT molecular complexity index is 883. The van der Waals surface area contributed by atoms with E-state index in [1.807, 2.05) is 19.1 Å². The first-order valence-electron chi connectivity index (χ1n) is 10.3. The molecule has 2 aliphatic rings. The third-order valence-corrected chi connectivity index (χ3v) is 6.75. The van der Waals surface area contributed by atoms with Crippen LogP contribution in [0.4, 0.5) is 0 Å². The normalized spacial score (nSPS) is 20.5. The minimum atomic E-state index is -0.313. The summed E-state index contributed by atoms with van der Waals surface area (Å²) >= 11 is 6.32. The first-order chi connectivity index (χ1) is 13.6. The molecule has 0 atom stereocenters. The second-order valence-corrected chi connectivity index (χ2v) is 8.58. The molecule has 6 heteroatoms. The van der Waals surface area contributed by atoms with Crippen molar-refractivity contribution in [2.45, 2.75) is 51.1 Å². The average molecular weight is 405 g/mol. The van der Waals surface area contributed by atoms with Crippen LogP contribution in [0.1, 0.15) is 43.2 Å². The molecule has 2 aromatic rings. The van der Waals surface area contributed by atoms with Gasteiger partial charge in [-0.1, -0.05) is 30.9 Å². The number of nitrogens with zero attached hydrogens (tertiary/aromatic N) is 1. The Morgan fingerprint density at radius 2 is 1.89 bits per heavy atom. The average Bonchev–Trinajstić information content (AvgIpc) is 2.71. The number of aryl methyl sites for hydroxylation is 1. The van der Waals surface area contributed by atoms with Gasteiger partial charge in [-0.15, -0.1) is 0 Å². The van der Waals surface area contributed by atoms with E-state index in [9.17, 15) is 4.79 Å². The third-order valence-electron chi connectivity index (χ3n) is 6.35. The van der Waals surface area contributed by atoms with Crippen molar-refractivity contribution in [3.8, 4) is 0 Å². The molecular weight excluding hydrogens is 376 g/mol. The molecule has 1 aromatic carbocycles. The number of fused-ring (bicyclic) bond motifs is 1. The van der Waals surface area contributed by atoms with Crippen LogP contribution in [0.15, 0.2) is 27.4 Å². The molecule has 28 heavy (non-hydrogen) atoms. The lowest BCUT2D eigenvalue weighted by Crippen LogP contribution is -2.59. The highest BCUT2D eigenvalue weighted by atomic mass is 35.5. The van der Waals surface area contributed by atoms with E-state index in [-0.39, 0.29) is 11.2 Å². The minimum absolute atomic E-state index is 0.200. The predicted octanol–water partition coefficient (Wildman–Crippen LogP) is 3.88. The van der Waals surface area contributed by atoms with Crippen LogP contribution in [0.2, 0.25) is 5.02 Å². The molecule has 1 saturated carbocycles. The SMILES string of the molecule is Cc1cc2oc(=O)cc(CNCC3(N4CCOCC4)CCCCC3)c2cc1Cl. The molecule has 1 aliphatic carbocycles. The monoisotopic (exact) mass is 404 g/mol. The molecule has 1 saturated heterocycles. The first-order valence-corrected chi connectivity index (χ1v) is 10.7. The highest BCUT2D eigenvalue weighted by Gasteiger charge is 2.38. The highest BCUT2D eigenvalue weighted by molar-refractivity contribution is 6.32. The molecule has 5 nitrogen and oxygen atoms in total. The number of benzene rings is 1. The predicted molar refractivity (Wildman–Crippen MR) is 112 cm³/mol. The molecule has 2 heterocycles. The van der Waals surface area contributed by atoms with Crippen LogP contribution in [-0.4, -0.2) is 43.3 Å². The summed E-state index contributed by atoms with van der Waals surface area (Å²) in [5.74, 6) is 0. The Morgan fingerprint density at radius 3 is 2.64 bits per heavy atom. The minimum Gasteiger partial charge on any atom is -0.423 e. The van der Waals surface area contributed by atoms with Gasteiger partial charge in [-0.05, 0) is 43.0 Å². The molecule has 1 N–H and O–H groups in total. The van der Waals surface area contributed by atoms with Crippen molar-refractivity contribution in [1.82, 2.24) is 10.2 Å². The van der Waals surface area contributed by atoms with Gasteiger partial charge in [-0.2, -0.15) is 0 Å². The summed E-state index contributed by atoms with van der Waals surface area (Å²) in [6.45, 7) is 7.14. The second-order valence-electron chi connectivity index (χ2n) is 8.18. The van der Waals surface area contributed by atoms with E-state index >= 15 is 0 Å². The number of halogens is 1. The van der Waals surface area contributed by atoms with Crippen LogP contribution in [0, 0.1) is 6.92 Å². The van der Waals surface area contributed by atoms with Crippen molar-refractivity contribution in [3.63, 3.8) is 0 Å². The van der Waals surface area contributed by atoms with E-state index in [0.29, 0.717) is 17.2 Å². The van der Waals surface area contributed by atoms with Gasteiger partial charge >= 0.3 is 5.63 Å². The van der Waals surface area contributed by atoms with Crippen molar-refractivity contribution in [1.29, 1.82) is 0 Å². The van der Waals surface area contributed by atoms with E-state index in [1.54, 1.807) is 6.07 Å². The Labute approximate surface area is 171 Å². The smallest absolute Gasteiger partial charge is 0.336 e. The molecule has 0 radical (unpaired) electrons. The van der Waals surface area contributed by atoms with Gasteiger partial charge in [-0.3, -0.25) is 4.90 Å². The number of ether oxygens (including phenoxy) is 1. The van der Waals surface area contributed by atoms with Crippen LogP contribution in [0.25, 0.3) is 11.0 Å². The molecule has 1 aliphatic heterocycles. The van der Waals surface area contributed by atoms with E-state index in [1.165, 1.54) is 32.1 Å².